The first-order valence-electron chi connectivity index (χ1n) is 10.2. The topological polar surface area (TPSA) is 75.7 Å². The molecule has 0 saturated carbocycles. The Hall–Kier alpha value is -2.65. The van der Waals surface area contributed by atoms with Gasteiger partial charge in [0, 0.05) is 20.1 Å². The molecule has 1 aliphatic heterocycles. The molecule has 1 saturated heterocycles. The highest BCUT2D eigenvalue weighted by Crippen LogP contribution is 2.36. The van der Waals surface area contributed by atoms with Gasteiger partial charge in [0.05, 0.1) is 10.2 Å². The summed E-state index contributed by atoms with van der Waals surface area (Å²) >= 11 is 19.2. The molecule has 1 heterocycles. The third-order valence-electron chi connectivity index (χ3n) is 5.12. The second-order valence-electron chi connectivity index (χ2n) is 7.62. The van der Waals surface area contributed by atoms with Crippen molar-refractivity contribution in [2.24, 2.45) is 0 Å². The number of barbiturate groups is 1. The molecule has 0 aromatic heterocycles. The van der Waals surface area contributed by atoms with Crippen molar-refractivity contribution in [3.05, 3.63) is 95.9 Å². The SMILES string of the molecule is Cc1ccc(N2C(=O)NC(=O)/C(=C\c3cc(Br)cc(Br)c3OCc3cccc(Cl)c3)C2=O)cc1Cl. The van der Waals surface area contributed by atoms with Crippen LogP contribution in [0.2, 0.25) is 10.0 Å². The minimum absolute atomic E-state index is 0.198. The second kappa shape index (κ2) is 10.5. The molecule has 4 rings (SSSR count). The molecule has 0 radical (unpaired) electrons. The lowest BCUT2D eigenvalue weighted by atomic mass is 10.1. The smallest absolute Gasteiger partial charge is 0.335 e. The zero-order chi connectivity index (χ0) is 25.3. The lowest BCUT2D eigenvalue weighted by Gasteiger charge is -2.26. The van der Waals surface area contributed by atoms with Crippen molar-refractivity contribution < 1.29 is 19.1 Å². The maximum Gasteiger partial charge on any atom is 0.335 e. The molecule has 0 spiro atoms. The molecule has 0 atom stereocenters. The summed E-state index contributed by atoms with van der Waals surface area (Å²) in [6.07, 6.45) is 1.38. The number of halogens is 4. The Morgan fingerprint density at radius 3 is 2.51 bits per heavy atom. The van der Waals surface area contributed by atoms with Crippen LogP contribution in [-0.4, -0.2) is 17.8 Å². The van der Waals surface area contributed by atoms with Crippen LogP contribution >= 0.6 is 55.1 Å². The molecule has 0 aliphatic carbocycles. The average molecular weight is 639 g/mol. The van der Waals surface area contributed by atoms with E-state index in [1.807, 2.05) is 12.1 Å². The Balaban J connectivity index is 1.72. The highest BCUT2D eigenvalue weighted by molar-refractivity contribution is 9.11. The van der Waals surface area contributed by atoms with E-state index < -0.39 is 17.8 Å². The Labute approximate surface area is 228 Å². The molecule has 1 aliphatic rings. The Kier molecular flexibility index (Phi) is 7.66. The third kappa shape index (κ3) is 5.62. The largest absolute Gasteiger partial charge is 0.487 e. The van der Waals surface area contributed by atoms with Gasteiger partial charge in [0.25, 0.3) is 11.8 Å². The lowest BCUT2D eigenvalue weighted by Crippen LogP contribution is -2.54. The number of carbonyl (C=O) groups excluding carboxylic acids is 3. The van der Waals surface area contributed by atoms with Gasteiger partial charge in [0.15, 0.2) is 0 Å². The fourth-order valence-electron chi connectivity index (χ4n) is 3.39. The lowest BCUT2D eigenvalue weighted by molar-refractivity contribution is -0.122. The zero-order valence-electron chi connectivity index (χ0n) is 18.1. The summed E-state index contributed by atoms with van der Waals surface area (Å²) in [5.41, 5.74) is 2.08. The molecule has 3 aromatic rings. The standard InChI is InChI=1S/C25H16Br2Cl2N2O4/c1-13-5-6-18(11-21(13)29)31-24(33)19(23(32)30-25(31)34)9-15-8-16(26)10-20(27)22(15)35-12-14-3-2-4-17(28)7-14/h2-11H,12H2,1H3,(H,30,32,34)/b19-9+. The minimum Gasteiger partial charge on any atom is -0.487 e. The predicted octanol–water partition coefficient (Wildman–Crippen LogP) is 7.07. The number of aryl methyl sites for hydroxylation is 1. The van der Waals surface area contributed by atoms with Crippen molar-refractivity contribution in [3.8, 4) is 5.75 Å². The van der Waals surface area contributed by atoms with Gasteiger partial charge >= 0.3 is 6.03 Å². The van der Waals surface area contributed by atoms with E-state index in [2.05, 4.69) is 37.2 Å². The first kappa shape index (κ1) is 25.4. The molecule has 0 bridgehead atoms. The number of ether oxygens (including phenoxy) is 1. The van der Waals surface area contributed by atoms with E-state index in [-0.39, 0.29) is 17.9 Å². The van der Waals surface area contributed by atoms with Crippen molar-refractivity contribution in [1.82, 2.24) is 5.32 Å². The first-order chi connectivity index (χ1) is 16.6. The van der Waals surface area contributed by atoms with Crippen molar-refractivity contribution in [2.75, 3.05) is 4.90 Å². The molecular weight excluding hydrogens is 623 g/mol. The van der Waals surface area contributed by atoms with Gasteiger partial charge in [-0.3, -0.25) is 14.9 Å². The van der Waals surface area contributed by atoms with Gasteiger partial charge < -0.3 is 4.74 Å². The monoisotopic (exact) mass is 636 g/mol. The van der Waals surface area contributed by atoms with E-state index in [0.717, 1.165) is 16.0 Å². The number of nitrogens with one attached hydrogen (secondary N) is 1. The number of nitrogens with zero attached hydrogens (tertiary/aromatic N) is 1. The number of imide groups is 2. The number of benzene rings is 3. The quantitative estimate of drug-likeness (QED) is 0.240. The van der Waals surface area contributed by atoms with Crippen LogP contribution < -0.4 is 15.0 Å². The van der Waals surface area contributed by atoms with E-state index in [0.29, 0.717) is 30.3 Å². The number of carbonyl (C=O) groups is 3. The fraction of sp³-hybridized carbons (Fsp3) is 0.0800. The van der Waals surface area contributed by atoms with Gasteiger partial charge in [-0.1, -0.05) is 57.3 Å². The summed E-state index contributed by atoms with van der Waals surface area (Å²) in [4.78, 5) is 39.4. The molecule has 1 fully saturated rings. The van der Waals surface area contributed by atoms with E-state index in [1.54, 1.807) is 43.3 Å². The summed E-state index contributed by atoms with van der Waals surface area (Å²) in [6.45, 7) is 2.00. The predicted molar refractivity (Wildman–Crippen MR) is 143 cm³/mol. The number of hydrogen-bond donors (Lipinski definition) is 1. The van der Waals surface area contributed by atoms with Gasteiger partial charge in [-0.05, 0) is 76.5 Å². The number of urea groups is 1. The van der Waals surface area contributed by atoms with Crippen LogP contribution in [0.25, 0.3) is 6.08 Å². The fourth-order valence-corrected chi connectivity index (χ4v) is 5.15. The van der Waals surface area contributed by atoms with Gasteiger partial charge in [0.2, 0.25) is 0 Å². The van der Waals surface area contributed by atoms with Crippen LogP contribution in [0.1, 0.15) is 16.7 Å². The molecule has 4 amide bonds. The zero-order valence-corrected chi connectivity index (χ0v) is 22.8. The minimum atomic E-state index is -0.857. The number of amides is 4. The number of rotatable bonds is 5. The molecular formula is C25H16Br2Cl2N2O4. The molecule has 1 N–H and O–H groups in total. The van der Waals surface area contributed by atoms with Crippen molar-refractivity contribution >= 4 is 84.7 Å². The van der Waals surface area contributed by atoms with Crippen molar-refractivity contribution in [3.63, 3.8) is 0 Å². The van der Waals surface area contributed by atoms with Gasteiger partial charge in [0.1, 0.15) is 17.9 Å². The summed E-state index contributed by atoms with van der Waals surface area (Å²) in [5, 5.41) is 3.18. The van der Waals surface area contributed by atoms with E-state index in [9.17, 15) is 14.4 Å². The summed E-state index contributed by atoms with van der Waals surface area (Å²) in [6, 6.07) is 14.6. The van der Waals surface area contributed by atoms with E-state index >= 15 is 0 Å². The normalized spacial score (nSPS) is 14.9. The van der Waals surface area contributed by atoms with Crippen LogP contribution in [0.5, 0.6) is 5.75 Å². The third-order valence-corrected chi connectivity index (χ3v) is 6.81. The second-order valence-corrected chi connectivity index (χ2v) is 10.2. The summed E-state index contributed by atoms with van der Waals surface area (Å²) < 4.78 is 7.31. The van der Waals surface area contributed by atoms with Crippen LogP contribution in [0, 0.1) is 6.92 Å². The van der Waals surface area contributed by atoms with Gasteiger partial charge in [-0.2, -0.15) is 0 Å². The molecule has 0 unspecified atom stereocenters. The van der Waals surface area contributed by atoms with Crippen LogP contribution in [-0.2, 0) is 16.2 Å². The Morgan fingerprint density at radius 1 is 1.03 bits per heavy atom. The Bertz CT molecular complexity index is 1410. The maximum absolute atomic E-state index is 13.3. The molecule has 10 heteroatoms. The van der Waals surface area contributed by atoms with E-state index in [4.69, 9.17) is 27.9 Å². The highest BCUT2D eigenvalue weighted by atomic mass is 79.9. The average Bonchev–Trinajstić information content (AvgIpc) is 2.78. The molecule has 178 valence electrons. The summed E-state index contributed by atoms with van der Waals surface area (Å²) in [5.74, 6) is -1.19. The van der Waals surface area contributed by atoms with Crippen molar-refractivity contribution in [2.45, 2.75) is 13.5 Å². The Morgan fingerprint density at radius 2 is 1.80 bits per heavy atom. The maximum atomic E-state index is 13.3. The van der Waals surface area contributed by atoms with E-state index in [1.165, 1.54) is 12.1 Å². The molecule has 35 heavy (non-hydrogen) atoms. The molecule has 3 aromatic carbocycles. The molecule has 6 nitrogen and oxygen atoms in total. The van der Waals surface area contributed by atoms with Crippen molar-refractivity contribution in [1.29, 1.82) is 0 Å². The first-order valence-corrected chi connectivity index (χ1v) is 12.5. The summed E-state index contributed by atoms with van der Waals surface area (Å²) in [7, 11) is 0. The number of hydrogen-bond acceptors (Lipinski definition) is 4. The van der Waals surface area contributed by atoms with Crippen LogP contribution in [0.4, 0.5) is 10.5 Å². The van der Waals surface area contributed by atoms with Crippen LogP contribution in [0.15, 0.2) is 69.1 Å². The van der Waals surface area contributed by atoms with Gasteiger partial charge in [-0.25, -0.2) is 9.69 Å². The number of anilines is 1. The van der Waals surface area contributed by atoms with Crippen LogP contribution in [0.3, 0.4) is 0 Å². The van der Waals surface area contributed by atoms with Gasteiger partial charge in [-0.15, -0.1) is 0 Å². The highest BCUT2D eigenvalue weighted by Gasteiger charge is 2.37.